The van der Waals surface area contributed by atoms with Gasteiger partial charge in [-0.15, -0.1) is 0 Å². The van der Waals surface area contributed by atoms with E-state index >= 15 is 0 Å². The molecule has 0 spiro atoms. The summed E-state index contributed by atoms with van der Waals surface area (Å²) in [6.45, 7) is 1.33. The third-order valence-corrected chi connectivity index (χ3v) is 4.00. The number of rotatable bonds is 3. The lowest BCUT2D eigenvalue weighted by molar-refractivity contribution is -0.136. The van der Waals surface area contributed by atoms with Gasteiger partial charge in [0.15, 0.2) is 0 Å². The fourth-order valence-electron chi connectivity index (χ4n) is 2.87. The summed E-state index contributed by atoms with van der Waals surface area (Å²) in [6, 6.07) is -0.0193. The Kier molecular flexibility index (Phi) is 4.03. The maximum Gasteiger partial charge on any atom is 0.249 e. The number of nitrogens with one attached hydrogen (secondary N) is 1. The van der Waals surface area contributed by atoms with E-state index < -0.39 is 0 Å². The van der Waals surface area contributed by atoms with Crippen LogP contribution in [0.25, 0.3) is 0 Å². The summed E-state index contributed by atoms with van der Waals surface area (Å²) in [7, 11) is 1.94. The van der Waals surface area contributed by atoms with Crippen LogP contribution in [0, 0.1) is 0 Å². The van der Waals surface area contributed by atoms with Crippen LogP contribution in [-0.4, -0.2) is 40.8 Å². The normalized spacial score (nSPS) is 30.4. The van der Waals surface area contributed by atoms with Crippen LogP contribution < -0.4 is 5.32 Å². The van der Waals surface area contributed by atoms with E-state index in [0.717, 1.165) is 31.5 Å². The van der Waals surface area contributed by atoms with E-state index in [-0.39, 0.29) is 24.2 Å². The van der Waals surface area contributed by atoms with Gasteiger partial charge in [0, 0.05) is 32.7 Å². The number of amides is 1. The van der Waals surface area contributed by atoms with Crippen LogP contribution in [0.3, 0.4) is 0 Å². The zero-order valence-corrected chi connectivity index (χ0v) is 11.7. The third kappa shape index (κ3) is 2.71. The van der Waals surface area contributed by atoms with Gasteiger partial charge >= 0.3 is 0 Å². The van der Waals surface area contributed by atoms with Gasteiger partial charge in [0.25, 0.3) is 0 Å². The quantitative estimate of drug-likeness (QED) is 0.894. The largest absolute Gasteiger partial charge is 0.368 e. The maximum atomic E-state index is 12.2. The van der Waals surface area contributed by atoms with E-state index in [1.807, 2.05) is 17.8 Å². The topological polar surface area (TPSA) is 65.4 Å². The van der Waals surface area contributed by atoms with Crippen molar-refractivity contribution >= 4 is 5.91 Å². The molecule has 0 unspecified atom stereocenters. The van der Waals surface area contributed by atoms with Crippen molar-refractivity contribution in [1.29, 1.82) is 0 Å². The molecule has 1 N–H and O–H groups in total. The van der Waals surface area contributed by atoms with Crippen LogP contribution in [0.15, 0.2) is 12.4 Å². The molecule has 0 bridgehead atoms. The molecule has 0 radical (unpaired) electrons. The highest BCUT2D eigenvalue weighted by molar-refractivity contribution is 5.81. The van der Waals surface area contributed by atoms with Gasteiger partial charge in [-0.25, -0.2) is 4.98 Å². The smallest absolute Gasteiger partial charge is 0.249 e. The fraction of sp³-hybridized carbons (Fsp3) is 0.714. The molecular weight excluding hydrogens is 258 g/mol. The zero-order valence-electron chi connectivity index (χ0n) is 11.7. The van der Waals surface area contributed by atoms with Crippen molar-refractivity contribution < 1.29 is 14.3 Å². The number of imidazole rings is 1. The van der Waals surface area contributed by atoms with E-state index in [2.05, 4.69) is 10.3 Å². The summed E-state index contributed by atoms with van der Waals surface area (Å²) >= 11 is 0. The zero-order chi connectivity index (χ0) is 13.9. The molecule has 6 nitrogen and oxygen atoms in total. The molecule has 6 heteroatoms. The van der Waals surface area contributed by atoms with Gasteiger partial charge in [0.2, 0.25) is 5.91 Å². The first-order valence-electron chi connectivity index (χ1n) is 7.26. The van der Waals surface area contributed by atoms with Crippen molar-refractivity contribution in [1.82, 2.24) is 14.9 Å². The molecule has 2 aliphatic rings. The first-order chi connectivity index (χ1) is 9.75. The van der Waals surface area contributed by atoms with Crippen molar-refractivity contribution in [2.24, 2.45) is 7.05 Å². The van der Waals surface area contributed by atoms with E-state index in [1.54, 1.807) is 6.20 Å². The lowest BCUT2D eigenvalue weighted by Gasteiger charge is -2.25. The highest BCUT2D eigenvalue weighted by Gasteiger charge is 2.35. The number of nitrogens with zero attached hydrogens (tertiary/aromatic N) is 2. The molecule has 3 heterocycles. The Balaban J connectivity index is 1.64. The van der Waals surface area contributed by atoms with Crippen LogP contribution in [0.4, 0.5) is 0 Å². The van der Waals surface area contributed by atoms with E-state index in [9.17, 15) is 4.79 Å². The third-order valence-electron chi connectivity index (χ3n) is 4.00. The Hall–Kier alpha value is -1.40. The SMILES string of the molecule is Cn1ccnc1[C@H]1OCC[C@@H]1NC(=O)[C@H]1CCCCO1. The van der Waals surface area contributed by atoms with Crippen LogP contribution in [0.5, 0.6) is 0 Å². The molecule has 2 aliphatic heterocycles. The molecule has 20 heavy (non-hydrogen) atoms. The molecule has 1 aromatic heterocycles. The Morgan fingerprint density at radius 1 is 1.35 bits per heavy atom. The van der Waals surface area contributed by atoms with Crippen molar-refractivity contribution in [2.45, 2.75) is 43.9 Å². The van der Waals surface area contributed by atoms with Crippen LogP contribution >= 0.6 is 0 Å². The van der Waals surface area contributed by atoms with Crippen molar-refractivity contribution in [3.05, 3.63) is 18.2 Å². The van der Waals surface area contributed by atoms with Gasteiger partial charge < -0.3 is 19.4 Å². The lowest BCUT2D eigenvalue weighted by atomic mass is 10.1. The minimum atomic E-state index is -0.300. The number of hydrogen-bond donors (Lipinski definition) is 1. The molecule has 3 rings (SSSR count). The van der Waals surface area contributed by atoms with E-state index in [4.69, 9.17) is 9.47 Å². The standard InChI is InChI=1S/C14H21N3O3/c1-17-7-6-15-13(17)12-10(5-9-20-12)16-14(18)11-4-2-3-8-19-11/h6-7,10-12H,2-5,8-9H2,1H3,(H,16,18)/t10-,11+,12-/m0/s1. The summed E-state index contributed by atoms with van der Waals surface area (Å²) in [4.78, 5) is 16.6. The number of hydrogen-bond acceptors (Lipinski definition) is 4. The van der Waals surface area contributed by atoms with Gasteiger partial charge in [0.05, 0.1) is 6.04 Å². The predicted molar refractivity (Wildman–Crippen MR) is 72.0 cm³/mol. The van der Waals surface area contributed by atoms with Gasteiger partial charge in [0.1, 0.15) is 18.0 Å². The summed E-state index contributed by atoms with van der Waals surface area (Å²) in [5.74, 6) is 0.844. The summed E-state index contributed by atoms with van der Waals surface area (Å²) < 4.78 is 13.2. The fourth-order valence-corrected chi connectivity index (χ4v) is 2.87. The minimum absolute atomic E-state index is 0.0144. The average Bonchev–Trinajstić information content (AvgIpc) is 3.08. The number of ether oxygens (including phenoxy) is 2. The number of aromatic nitrogens is 2. The van der Waals surface area contributed by atoms with Gasteiger partial charge in [-0.1, -0.05) is 0 Å². The predicted octanol–water partition coefficient (Wildman–Crippen LogP) is 0.935. The Bertz CT molecular complexity index is 468. The first kappa shape index (κ1) is 13.6. The second-order valence-electron chi connectivity index (χ2n) is 5.45. The molecule has 0 aliphatic carbocycles. The van der Waals surface area contributed by atoms with Gasteiger partial charge in [-0.05, 0) is 25.7 Å². The van der Waals surface area contributed by atoms with E-state index in [1.165, 1.54) is 0 Å². The maximum absolute atomic E-state index is 12.2. The highest BCUT2D eigenvalue weighted by atomic mass is 16.5. The molecular formula is C14H21N3O3. The van der Waals surface area contributed by atoms with Crippen molar-refractivity contribution in [3.8, 4) is 0 Å². The first-order valence-corrected chi connectivity index (χ1v) is 7.26. The summed E-state index contributed by atoms with van der Waals surface area (Å²) in [6.07, 6.45) is 6.91. The average molecular weight is 279 g/mol. The van der Waals surface area contributed by atoms with Crippen LogP contribution in [-0.2, 0) is 21.3 Å². The Morgan fingerprint density at radius 2 is 2.25 bits per heavy atom. The molecule has 0 aromatic carbocycles. The van der Waals surface area contributed by atoms with Crippen molar-refractivity contribution in [2.75, 3.05) is 13.2 Å². The Morgan fingerprint density at radius 3 is 2.95 bits per heavy atom. The highest BCUT2D eigenvalue weighted by Crippen LogP contribution is 2.28. The second kappa shape index (κ2) is 5.93. The molecule has 1 amide bonds. The molecule has 2 saturated heterocycles. The molecule has 1 aromatic rings. The van der Waals surface area contributed by atoms with Crippen LogP contribution in [0.1, 0.15) is 37.6 Å². The molecule has 0 saturated carbocycles. The summed E-state index contributed by atoms with van der Waals surface area (Å²) in [5, 5.41) is 3.07. The van der Waals surface area contributed by atoms with E-state index in [0.29, 0.717) is 13.2 Å². The monoisotopic (exact) mass is 279 g/mol. The molecule has 2 fully saturated rings. The minimum Gasteiger partial charge on any atom is -0.368 e. The number of carbonyl (C=O) groups is 1. The molecule has 110 valence electrons. The van der Waals surface area contributed by atoms with Gasteiger partial charge in [-0.3, -0.25) is 4.79 Å². The lowest BCUT2D eigenvalue weighted by Crippen LogP contribution is -2.45. The van der Waals surface area contributed by atoms with Gasteiger partial charge in [-0.2, -0.15) is 0 Å². The summed E-state index contributed by atoms with van der Waals surface area (Å²) in [5.41, 5.74) is 0. The van der Waals surface area contributed by atoms with Crippen LogP contribution in [0.2, 0.25) is 0 Å². The Labute approximate surface area is 118 Å². The van der Waals surface area contributed by atoms with Crippen molar-refractivity contribution in [3.63, 3.8) is 0 Å². The second-order valence-corrected chi connectivity index (χ2v) is 5.45. The number of carbonyl (C=O) groups excluding carboxylic acids is 1. The number of aryl methyl sites for hydroxylation is 1. The molecule has 3 atom stereocenters.